The largest absolute Gasteiger partial charge is 0.346 e. The van der Waals surface area contributed by atoms with Crippen LogP contribution >= 0.6 is 0 Å². The van der Waals surface area contributed by atoms with Crippen molar-refractivity contribution in [3.05, 3.63) is 30.1 Å². The van der Waals surface area contributed by atoms with E-state index >= 15 is 0 Å². The van der Waals surface area contributed by atoms with Gasteiger partial charge in [0, 0.05) is 30.7 Å². The molecule has 2 aromatic heterocycles. The third kappa shape index (κ3) is 2.47. The van der Waals surface area contributed by atoms with E-state index in [-0.39, 0.29) is 0 Å². The molecule has 0 radical (unpaired) electrons. The summed E-state index contributed by atoms with van der Waals surface area (Å²) in [6.45, 7) is 3.11. The normalized spacial score (nSPS) is 17.6. The van der Waals surface area contributed by atoms with Gasteiger partial charge in [-0.3, -0.25) is 0 Å². The average molecular weight is 254 g/mol. The summed E-state index contributed by atoms with van der Waals surface area (Å²) in [5.41, 5.74) is 2.40. The summed E-state index contributed by atoms with van der Waals surface area (Å²) in [5.74, 6) is 0.622. The Labute approximate surface area is 113 Å². The van der Waals surface area contributed by atoms with E-state index in [0.29, 0.717) is 12.3 Å². The summed E-state index contributed by atoms with van der Waals surface area (Å²) in [7, 11) is 0. The topological polar surface area (TPSA) is 55.7 Å². The van der Waals surface area contributed by atoms with Crippen LogP contribution in [0.4, 0.5) is 0 Å². The molecule has 0 spiro atoms. The van der Waals surface area contributed by atoms with Crippen molar-refractivity contribution in [1.82, 2.24) is 14.9 Å². The van der Waals surface area contributed by atoms with E-state index in [1.54, 1.807) is 0 Å². The van der Waals surface area contributed by atoms with Crippen molar-refractivity contribution in [3.63, 3.8) is 0 Å². The number of pyridine rings is 1. The van der Waals surface area contributed by atoms with Gasteiger partial charge in [0.1, 0.15) is 5.65 Å². The molecule has 0 amide bonds. The zero-order chi connectivity index (χ0) is 13.1. The predicted octanol–water partition coefficient (Wildman–Crippen LogP) is 2.66. The lowest BCUT2D eigenvalue weighted by Gasteiger charge is -2.31. The molecule has 1 fully saturated rings. The molecule has 4 nitrogen and oxygen atoms in total. The fourth-order valence-electron chi connectivity index (χ4n) is 2.99. The molecular weight excluding hydrogens is 236 g/mol. The Bertz CT molecular complexity index is 587. The Morgan fingerprint density at radius 3 is 3.05 bits per heavy atom. The molecule has 98 valence electrons. The van der Waals surface area contributed by atoms with Gasteiger partial charge in [0.2, 0.25) is 0 Å². The van der Waals surface area contributed by atoms with E-state index in [1.807, 2.05) is 12.3 Å². The molecule has 0 aromatic carbocycles. The number of fused-ring (bicyclic) bond motifs is 1. The number of aromatic amines is 1. The Morgan fingerprint density at radius 1 is 1.42 bits per heavy atom. The molecule has 3 rings (SSSR count). The van der Waals surface area contributed by atoms with Gasteiger partial charge in [-0.05, 0) is 49.5 Å². The van der Waals surface area contributed by atoms with Gasteiger partial charge in [0.15, 0.2) is 0 Å². The summed E-state index contributed by atoms with van der Waals surface area (Å²) >= 11 is 0. The van der Waals surface area contributed by atoms with E-state index in [4.69, 9.17) is 5.26 Å². The number of nitrogens with zero attached hydrogens (tertiary/aromatic N) is 3. The first kappa shape index (κ1) is 12.2. The minimum absolute atomic E-state index is 0.622. The monoisotopic (exact) mass is 254 g/mol. The molecule has 0 unspecified atom stereocenters. The first-order valence-electron chi connectivity index (χ1n) is 6.90. The summed E-state index contributed by atoms with van der Waals surface area (Å²) in [4.78, 5) is 10.0. The molecule has 4 heteroatoms. The fraction of sp³-hybridized carbons (Fsp3) is 0.467. The number of hydrogen-bond acceptors (Lipinski definition) is 3. The fourth-order valence-corrected chi connectivity index (χ4v) is 2.99. The average Bonchev–Trinajstić information content (AvgIpc) is 2.90. The van der Waals surface area contributed by atoms with Gasteiger partial charge >= 0.3 is 0 Å². The number of H-pyrrole nitrogens is 1. The van der Waals surface area contributed by atoms with Crippen LogP contribution in [0.3, 0.4) is 0 Å². The van der Waals surface area contributed by atoms with Gasteiger partial charge in [-0.15, -0.1) is 0 Å². The molecule has 1 aliphatic rings. The second-order valence-corrected chi connectivity index (χ2v) is 5.17. The van der Waals surface area contributed by atoms with Crippen LogP contribution in [0.2, 0.25) is 0 Å². The molecule has 2 aromatic rings. The van der Waals surface area contributed by atoms with Crippen molar-refractivity contribution in [2.75, 3.05) is 19.6 Å². The first-order valence-corrected chi connectivity index (χ1v) is 6.90. The predicted molar refractivity (Wildman–Crippen MR) is 74.7 cm³/mol. The quantitative estimate of drug-likeness (QED) is 0.916. The molecule has 1 aliphatic heterocycles. The van der Waals surface area contributed by atoms with Crippen molar-refractivity contribution in [2.45, 2.75) is 25.2 Å². The third-order valence-corrected chi connectivity index (χ3v) is 4.05. The smallest absolute Gasteiger partial charge is 0.137 e. The number of likely N-dealkylation sites (tertiary alicyclic amines) is 1. The van der Waals surface area contributed by atoms with E-state index < -0.39 is 0 Å². The van der Waals surface area contributed by atoms with Crippen LogP contribution in [-0.4, -0.2) is 34.5 Å². The van der Waals surface area contributed by atoms with Crippen molar-refractivity contribution in [1.29, 1.82) is 5.26 Å². The Hall–Kier alpha value is -1.86. The molecule has 0 bridgehead atoms. The minimum atomic E-state index is 0.622. The molecule has 0 saturated carbocycles. The van der Waals surface area contributed by atoms with Crippen LogP contribution in [-0.2, 0) is 0 Å². The number of hydrogen-bond donors (Lipinski definition) is 1. The lowest BCUT2D eigenvalue weighted by atomic mass is 9.89. The highest BCUT2D eigenvalue weighted by Crippen LogP contribution is 2.32. The van der Waals surface area contributed by atoms with Gasteiger partial charge in [-0.1, -0.05) is 0 Å². The first-order chi connectivity index (χ1) is 9.38. The van der Waals surface area contributed by atoms with E-state index in [1.165, 1.54) is 23.8 Å². The zero-order valence-electron chi connectivity index (χ0n) is 11.0. The molecule has 1 N–H and O–H groups in total. The maximum Gasteiger partial charge on any atom is 0.137 e. The van der Waals surface area contributed by atoms with Crippen LogP contribution in [0.5, 0.6) is 0 Å². The number of piperidine rings is 1. The maximum atomic E-state index is 8.63. The van der Waals surface area contributed by atoms with E-state index in [9.17, 15) is 0 Å². The van der Waals surface area contributed by atoms with Crippen LogP contribution in [0, 0.1) is 11.3 Å². The lowest BCUT2D eigenvalue weighted by molar-refractivity contribution is 0.217. The van der Waals surface area contributed by atoms with Crippen LogP contribution < -0.4 is 0 Å². The zero-order valence-corrected chi connectivity index (χ0v) is 11.0. The number of rotatable bonds is 3. The van der Waals surface area contributed by atoms with Gasteiger partial charge in [0.25, 0.3) is 0 Å². The highest BCUT2D eigenvalue weighted by atomic mass is 15.1. The molecule has 1 saturated heterocycles. The second kappa shape index (κ2) is 5.41. The SMILES string of the molecule is N#CCCN1CCC(c2c[nH]c3ncccc23)CC1. The van der Waals surface area contributed by atoms with Crippen molar-refractivity contribution in [3.8, 4) is 6.07 Å². The van der Waals surface area contributed by atoms with Crippen LogP contribution in [0.15, 0.2) is 24.5 Å². The van der Waals surface area contributed by atoms with Crippen LogP contribution in [0.25, 0.3) is 11.0 Å². The Kier molecular flexibility index (Phi) is 3.47. The summed E-state index contributed by atoms with van der Waals surface area (Å²) in [6.07, 6.45) is 6.93. The molecule has 0 aliphatic carbocycles. The number of nitriles is 1. The van der Waals surface area contributed by atoms with Crippen molar-refractivity contribution < 1.29 is 0 Å². The minimum Gasteiger partial charge on any atom is -0.346 e. The van der Waals surface area contributed by atoms with Crippen LogP contribution in [0.1, 0.15) is 30.7 Å². The summed E-state index contributed by atoms with van der Waals surface area (Å²) in [6, 6.07) is 6.37. The Morgan fingerprint density at radius 2 is 2.26 bits per heavy atom. The van der Waals surface area contributed by atoms with E-state index in [0.717, 1.165) is 25.3 Å². The summed E-state index contributed by atoms with van der Waals surface area (Å²) in [5, 5.41) is 9.89. The Balaban J connectivity index is 1.70. The molecule has 0 atom stereocenters. The molecule has 19 heavy (non-hydrogen) atoms. The lowest BCUT2D eigenvalue weighted by Crippen LogP contribution is -2.33. The highest BCUT2D eigenvalue weighted by Gasteiger charge is 2.22. The van der Waals surface area contributed by atoms with Gasteiger partial charge < -0.3 is 9.88 Å². The number of nitrogens with one attached hydrogen (secondary N) is 1. The summed E-state index contributed by atoms with van der Waals surface area (Å²) < 4.78 is 0. The highest BCUT2D eigenvalue weighted by molar-refractivity contribution is 5.80. The van der Waals surface area contributed by atoms with E-state index in [2.05, 4.69) is 33.2 Å². The van der Waals surface area contributed by atoms with Gasteiger partial charge in [-0.2, -0.15) is 5.26 Å². The van der Waals surface area contributed by atoms with Crippen molar-refractivity contribution >= 4 is 11.0 Å². The van der Waals surface area contributed by atoms with Crippen molar-refractivity contribution in [2.24, 2.45) is 0 Å². The standard InChI is InChI=1S/C15H18N4/c16-6-2-8-19-9-4-12(5-10-19)14-11-18-15-13(14)3-1-7-17-15/h1,3,7,11-12H,2,4-5,8-10H2,(H,17,18). The van der Waals surface area contributed by atoms with Gasteiger partial charge in [-0.25, -0.2) is 4.98 Å². The second-order valence-electron chi connectivity index (χ2n) is 5.17. The maximum absolute atomic E-state index is 8.63. The number of aromatic nitrogens is 2. The third-order valence-electron chi connectivity index (χ3n) is 4.05. The van der Waals surface area contributed by atoms with Gasteiger partial charge in [0.05, 0.1) is 6.07 Å². The molecular formula is C15H18N4. The molecule has 3 heterocycles.